The number of H-pyrrole nitrogens is 1. The first kappa shape index (κ1) is 23.1. The average molecular weight is 539 g/mol. The van der Waals surface area contributed by atoms with Crippen LogP contribution in [0.3, 0.4) is 0 Å². The number of hydrogen-bond acceptors (Lipinski definition) is 4. The van der Waals surface area contributed by atoms with Crippen molar-refractivity contribution in [3.63, 3.8) is 0 Å². The van der Waals surface area contributed by atoms with E-state index in [0.717, 1.165) is 38.5 Å². The number of hydrogen-bond donors (Lipinski definition) is 2. The quantitative estimate of drug-likeness (QED) is 0.451. The highest BCUT2D eigenvalue weighted by Crippen LogP contribution is 2.27. The zero-order chi connectivity index (χ0) is 21.6. The number of allylic oxidation sites excluding steroid dienone is 1. The molecule has 0 radical (unpaired) electrons. The molecular formula is C17H16Br2F3N5O2. The van der Waals surface area contributed by atoms with Gasteiger partial charge in [0.25, 0.3) is 0 Å². The Morgan fingerprint density at radius 2 is 2.07 bits per heavy atom. The van der Waals surface area contributed by atoms with Crippen LogP contribution in [0.1, 0.15) is 25.8 Å². The first-order chi connectivity index (χ1) is 13.6. The molecule has 3 aromatic rings. The highest BCUT2D eigenvalue weighted by atomic mass is 79.9. The zero-order valence-corrected chi connectivity index (χ0v) is 18.2. The summed E-state index contributed by atoms with van der Waals surface area (Å²) in [6, 6.07) is 2.31. The molecule has 0 aliphatic carbocycles. The number of carbonyl (C=O) groups is 1. The number of halogens is 5. The van der Waals surface area contributed by atoms with Gasteiger partial charge in [-0.15, -0.1) is 0 Å². The van der Waals surface area contributed by atoms with Crippen molar-refractivity contribution in [2.75, 3.05) is 0 Å². The van der Waals surface area contributed by atoms with Crippen molar-refractivity contribution in [1.82, 2.24) is 24.7 Å². The molecule has 2 N–H and O–H groups in total. The minimum atomic E-state index is -5.08. The maximum Gasteiger partial charge on any atom is 0.490 e. The number of carboxylic acid groups (broad SMARTS) is 1. The summed E-state index contributed by atoms with van der Waals surface area (Å²) in [4.78, 5) is 20.6. The number of fused-ring (bicyclic) bond motifs is 1. The van der Waals surface area contributed by atoms with Crippen molar-refractivity contribution >= 4 is 48.9 Å². The molecule has 29 heavy (non-hydrogen) atoms. The van der Waals surface area contributed by atoms with Crippen LogP contribution in [0.25, 0.3) is 22.3 Å². The molecule has 1 unspecified atom stereocenters. The third-order valence-electron chi connectivity index (χ3n) is 3.86. The largest absolute Gasteiger partial charge is 0.490 e. The van der Waals surface area contributed by atoms with Crippen LogP contribution in [0.4, 0.5) is 13.2 Å². The molecule has 3 aromatic heterocycles. The van der Waals surface area contributed by atoms with Gasteiger partial charge in [-0.25, -0.2) is 14.8 Å². The molecule has 0 amide bonds. The van der Waals surface area contributed by atoms with Crippen molar-refractivity contribution in [2.45, 2.75) is 32.0 Å². The van der Waals surface area contributed by atoms with Gasteiger partial charge < -0.3 is 10.1 Å². The Kier molecular flexibility index (Phi) is 7.96. The van der Waals surface area contributed by atoms with Gasteiger partial charge in [-0.3, -0.25) is 4.68 Å². The standard InChI is InChI=1S/C15H15Br2N5.C2HF3O2/c1-2-11(3-4-13(16)17)22-8-10(7-21-22)14-12-5-6-18-15(12)20-9-19-14;3-2(4,5)1(6)7/h4-9,11H,2-3H2,1H3,(H,18,19,20);(H,6,7). The van der Waals surface area contributed by atoms with Gasteiger partial charge in [0.15, 0.2) is 0 Å². The predicted molar refractivity (Wildman–Crippen MR) is 109 cm³/mol. The Hall–Kier alpha value is -2.21. The first-order valence-electron chi connectivity index (χ1n) is 8.27. The van der Waals surface area contributed by atoms with Gasteiger partial charge >= 0.3 is 12.1 Å². The fourth-order valence-electron chi connectivity index (χ4n) is 2.45. The smallest absolute Gasteiger partial charge is 0.475 e. The van der Waals surface area contributed by atoms with Crippen molar-refractivity contribution in [2.24, 2.45) is 0 Å². The number of aromatic amines is 1. The molecule has 0 spiro atoms. The number of carboxylic acids is 1. The van der Waals surface area contributed by atoms with Gasteiger partial charge in [0.2, 0.25) is 0 Å². The minimum Gasteiger partial charge on any atom is -0.475 e. The second-order valence-corrected chi connectivity index (χ2v) is 8.54. The summed E-state index contributed by atoms with van der Waals surface area (Å²) in [5, 5.41) is 12.7. The molecule has 3 heterocycles. The first-order valence-corrected chi connectivity index (χ1v) is 9.86. The number of aliphatic carboxylic acids is 1. The predicted octanol–water partition coefficient (Wildman–Crippen LogP) is 5.43. The van der Waals surface area contributed by atoms with Crippen LogP contribution in [-0.2, 0) is 4.79 Å². The Balaban J connectivity index is 0.000000370. The summed E-state index contributed by atoms with van der Waals surface area (Å²) >= 11 is 6.79. The monoisotopic (exact) mass is 537 g/mol. The molecule has 7 nitrogen and oxygen atoms in total. The summed E-state index contributed by atoms with van der Waals surface area (Å²) in [6.07, 6.45) is 6.31. The lowest BCUT2D eigenvalue weighted by atomic mass is 10.1. The topological polar surface area (TPSA) is 96.7 Å². The number of nitrogens with one attached hydrogen (secondary N) is 1. The fraction of sp³-hybridized carbons (Fsp3) is 0.294. The van der Waals surface area contributed by atoms with Gasteiger partial charge in [-0.1, -0.05) is 13.0 Å². The zero-order valence-electron chi connectivity index (χ0n) is 15.0. The number of aromatic nitrogens is 5. The van der Waals surface area contributed by atoms with Gasteiger partial charge in [-0.2, -0.15) is 18.3 Å². The van der Waals surface area contributed by atoms with E-state index in [1.807, 2.05) is 23.1 Å². The lowest BCUT2D eigenvalue weighted by Gasteiger charge is -2.13. The average Bonchev–Trinajstić information content (AvgIpc) is 3.31. The van der Waals surface area contributed by atoms with E-state index in [0.29, 0.717) is 6.04 Å². The normalized spacial score (nSPS) is 12.2. The molecular weight excluding hydrogens is 523 g/mol. The fourth-order valence-corrected chi connectivity index (χ4v) is 2.82. The molecule has 0 aliphatic heterocycles. The lowest BCUT2D eigenvalue weighted by Crippen LogP contribution is -2.21. The van der Waals surface area contributed by atoms with Crippen molar-refractivity contribution in [3.05, 3.63) is 40.5 Å². The van der Waals surface area contributed by atoms with E-state index < -0.39 is 12.1 Å². The van der Waals surface area contributed by atoms with Gasteiger partial charge in [0.05, 0.1) is 21.3 Å². The van der Waals surface area contributed by atoms with Gasteiger partial charge in [0.1, 0.15) is 12.0 Å². The molecule has 156 valence electrons. The number of rotatable bonds is 5. The maximum absolute atomic E-state index is 10.6. The third kappa shape index (κ3) is 6.39. The molecule has 1 atom stereocenters. The highest BCUT2D eigenvalue weighted by Gasteiger charge is 2.38. The van der Waals surface area contributed by atoms with Crippen LogP contribution in [0.5, 0.6) is 0 Å². The van der Waals surface area contributed by atoms with Crippen LogP contribution in [-0.4, -0.2) is 42.0 Å². The van der Waals surface area contributed by atoms with E-state index in [1.54, 1.807) is 6.33 Å². The van der Waals surface area contributed by atoms with E-state index in [-0.39, 0.29) is 0 Å². The van der Waals surface area contributed by atoms with E-state index in [4.69, 9.17) is 9.90 Å². The Labute approximate surface area is 180 Å². The van der Waals surface area contributed by atoms with Gasteiger partial charge in [0, 0.05) is 23.3 Å². The second-order valence-electron chi connectivity index (χ2n) is 5.77. The van der Waals surface area contributed by atoms with Crippen molar-refractivity contribution in [3.8, 4) is 11.3 Å². The van der Waals surface area contributed by atoms with E-state index in [2.05, 4.69) is 71.1 Å². The Morgan fingerprint density at radius 3 is 2.66 bits per heavy atom. The Morgan fingerprint density at radius 1 is 1.38 bits per heavy atom. The summed E-state index contributed by atoms with van der Waals surface area (Å²) in [5.41, 5.74) is 2.76. The number of nitrogens with zero attached hydrogens (tertiary/aromatic N) is 4. The third-order valence-corrected chi connectivity index (χ3v) is 4.51. The summed E-state index contributed by atoms with van der Waals surface area (Å²) in [5.74, 6) is -2.76. The Bertz CT molecular complexity index is 996. The SMILES string of the molecule is CCC(CC=C(Br)Br)n1cc(-c2ncnc3[nH]ccc23)cn1.O=C(O)C(F)(F)F. The highest BCUT2D eigenvalue weighted by molar-refractivity contribution is 9.28. The summed E-state index contributed by atoms with van der Waals surface area (Å²) < 4.78 is 34.7. The molecule has 3 rings (SSSR count). The van der Waals surface area contributed by atoms with Crippen molar-refractivity contribution in [1.29, 1.82) is 0 Å². The molecule has 0 saturated heterocycles. The van der Waals surface area contributed by atoms with Crippen LogP contribution in [0, 0.1) is 0 Å². The number of alkyl halides is 3. The molecule has 0 bridgehead atoms. The maximum atomic E-state index is 10.6. The molecule has 0 aliphatic rings. The molecule has 0 aromatic carbocycles. The second kappa shape index (κ2) is 10.0. The molecule has 0 fully saturated rings. The van der Waals surface area contributed by atoms with E-state index >= 15 is 0 Å². The van der Waals surface area contributed by atoms with E-state index in [9.17, 15) is 13.2 Å². The molecule has 0 saturated carbocycles. The minimum absolute atomic E-state index is 0.322. The molecule has 12 heteroatoms. The van der Waals surface area contributed by atoms with E-state index in [1.165, 1.54) is 0 Å². The van der Waals surface area contributed by atoms with Crippen LogP contribution in [0.15, 0.2) is 40.5 Å². The summed E-state index contributed by atoms with van der Waals surface area (Å²) in [7, 11) is 0. The van der Waals surface area contributed by atoms with Crippen LogP contribution >= 0.6 is 31.9 Å². The van der Waals surface area contributed by atoms with Crippen LogP contribution < -0.4 is 0 Å². The van der Waals surface area contributed by atoms with Crippen molar-refractivity contribution < 1.29 is 23.1 Å². The van der Waals surface area contributed by atoms with Gasteiger partial charge in [-0.05, 0) is 50.8 Å². The summed E-state index contributed by atoms with van der Waals surface area (Å²) in [6.45, 7) is 2.16. The van der Waals surface area contributed by atoms with Crippen LogP contribution in [0.2, 0.25) is 0 Å². The lowest BCUT2D eigenvalue weighted by molar-refractivity contribution is -0.192.